The van der Waals surface area contributed by atoms with Crippen LogP contribution in [0.15, 0.2) is 24.3 Å². The molecule has 0 N–H and O–H groups in total. The van der Waals surface area contributed by atoms with Gasteiger partial charge in [0.2, 0.25) is 0 Å². The molecule has 1 heterocycles. The van der Waals surface area contributed by atoms with E-state index in [2.05, 4.69) is 29.8 Å². The Hall–Kier alpha value is -0.0900. The van der Waals surface area contributed by atoms with Gasteiger partial charge in [-0.05, 0) is 32.8 Å². The lowest BCUT2D eigenvalue weighted by molar-refractivity contribution is -0.118. The van der Waals surface area contributed by atoms with Crippen LogP contribution in [0.1, 0.15) is 38.4 Å². The number of halogens is 2. The molecule has 1 aromatic rings. The standard InChI is InChI=1S/C15H20BrClO2/c1-10-7-12(8-11(2)18-10)19-15(9-16)13-5-3-4-6-14(13)17/h3-6,10-12,15H,7-9H2,1-2H3. The highest BCUT2D eigenvalue weighted by Gasteiger charge is 2.28. The van der Waals surface area contributed by atoms with Crippen LogP contribution in [-0.4, -0.2) is 23.6 Å². The van der Waals surface area contributed by atoms with Gasteiger partial charge in [-0.1, -0.05) is 45.7 Å². The molecule has 1 saturated heterocycles. The first-order valence-corrected chi connectivity index (χ1v) is 8.21. The molecule has 106 valence electrons. The lowest BCUT2D eigenvalue weighted by Crippen LogP contribution is -2.35. The number of hydrogen-bond acceptors (Lipinski definition) is 2. The van der Waals surface area contributed by atoms with E-state index in [1.165, 1.54) is 0 Å². The van der Waals surface area contributed by atoms with Gasteiger partial charge >= 0.3 is 0 Å². The Labute approximate surface area is 128 Å². The minimum atomic E-state index is -0.00352. The molecule has 1 aromatic carbocycles. The molecule has 1 aliphatic heterocycles. The Kier molecular flexibility index (Phi) is 5.70. The Morgan fingerprint density at radius 3 is 2.53 bits per heavy atom. The molecule has 3 atom stereocenters. The van der Waals surface area contributed by atoms with Gasteiger partial charge in [-0.3, -0.25) is 0 Å². The van der Waals surface area contributed by atoms with Gasteiger partial charge in [0.05, 0.1) is 24.4 Å². The smallest absolute Gasteiger partial charge is 0.0939 e. The average Bonchev–Trinajstić information content (AvgIpc) is 2.36. The SMILES string of the molecule is CC1CC(OC(CBr)c2ccccc2Cl)CC(C)O1. The van der Waals surface area contributed by atoms with Crippen LogP contribution in [-0.2, 0) is 9.47 Å². The fraction of sp³-hybridized carbons (Fsp3) is 0.600. The van der Waals surface area contributed by atoms with Crippen LogP contribution in [0.25, 0.3) is 0 Å². The van der Waals surface area contributed by atoms with Gasteiger partial charge in [0.25, 0.3) is 0 Å². The van der Waals surface area contributed by atoms with Crippen molar-refractivity contribution in [2.75, 3.05) is 5.33 Å². The zero-order valence-corrected chi connectivity index (χ0v) is 13.7. The molecule has 2 nitrogen and oxygen atoms in total. The second kappa shape index (κ2) is 7.07. The van der Waals surface area contributed by atoms with E-state index in [4.69, 9.17) is 21.1 Å². The lowest BCUT2D eigenvalue weighted by atomic mass is 10.0. The summed E-state index contributed by atoms with van der Waals surface area (Å²) in [7, 11) is 0. The average molecular weight is 348 g/mol. The molecular formula is C15H20BrClO2. The normalized spacial score (nSPS) is 29.2. The summed E-state index contributed by atoms with van der Waals surface area (Å²) < 4.78 is 12.0. The predicted molar refractivity (Wildman–Crippen MR) is 82.1 cm³/mol. The van der Waals surface area contributed by atoms with E-state index in [-0.39, 0.29) is 24.4 Å². The van der Waals surface area contributed by atoms with Crippen molar-refractivity contribution >= 4 is 27.5 Å². The van der Waals surface area contributed by atoms with Crippen molar-refractivity contribution in [2.24, 2.45) is 0 Å². The molecular weight excluding hydrogens is 328 g/mol. The second-order valence-corrected chi connectivity index (χ2v) is 6.21. The molecule has 0 saturated carbocycles. The minimum Gasteiger partial charge on any atom is -0.375 e. The third-order valence-corrected chi connectivity index (χ3v) is 4.34. The third kappa shape index (κ3) is 4.19. The molecule has 4 heteroatoms. The first-order chi connectivity index (χ1) is 9.10. The highest BCUT2D eigenvalue weighted by atomic mass is 79.9. The first kappa shape index (κ1) is 15.3. The molecule has 1 aliphatic rings. The molecule has 3 unspecified atom stereocenters. The maximum atomic E-state index is 6.25. The van der Waals surface area contributed by atoms with Gasteiger partial charge in [0.1, 0.15) is 0 Å². The van der Waals surface area contributed by atoms with E-state index in [1.807, 2.05) is 24.3 Å². The Morgan fingerprint density at radius 1 is 1.32 bits per heavy atom. The van der Waals surface area contributed by atoms with Crippen LogP contribution in [0.2, 0.25) is 5.02 Å². The summed E-state index contributed by atoms with van der Waals surface area (Å²) in [6.07, 6.45) is 2.64. The number of rotatable bonds is 4. The molecule has 1 fully saturated rings. The van der Waals surface area contributed by atoms with Gasteiger partial charge in [0, 0.05) is 15.9 Å². The van der Waals surface area contributed by atoms with Crippen molar-refractivity contribution in [3.63, 3.8) is 0 Å². The predicted octanol–water partition coefficient (Wildman–Crippen LogP) is 4.75. The lowest BCUT2D eigenvalue weighted by Gasteiger charge is -2.34. The molecule has 2 rings (SSSR count). The van der Waals surface area contributed by atoms with E-state index in [0.717, 1.165) is 28.8 Å². The van der Waals surface area contributed by atoms with Crippen LogP contribution in [0.3, 0.4) is 0 Å². The fourth-order valence-corrected chi connectivity index (χ4v) is 3.38. The van der Waals surface area contributed by atoms with Crippen LogP contribution in [0.4, 0.5) is 0 Å². The molecule has 0 aliphatic carbocycles. The first-order valence-electron chi connectivity index (χ1n) is 6.71. The van der Waals surface area contributed by atoms with Crippen molar-refractivity contribution in [3.8, 4) is 0 Å². The van der Waals surface area contributed by atoms with Crippen molar-refractivity contribution in [2.45, 2.75) is 51.1 Å². The summed E-state index contributed by atoms with van der Waals surface area (Å²) in [6.45, 7) is 4.20. The van der Waals surface area contributed by atoms with E-state index in [1.54, 1.807) is 0 Å². The molecule has 0 aromatic heterocycles. The number of ether oxygens (including phenoxy) is 2. The third-order valence-electron chi connectivity index (χ3n) is 3.40. The Morgan fingerprint density at radius 2 is 1.95 bits per heavy atom. The van der Waals surface area contributed by atoms with Crippen LogP contribution in [0.5, 0.6) is 0 Å². The Balaban J connectivity index is 2.05. The second-order valence-electron chi connectivity index (χ2n) is 5.15. The van der Waals surface area contributed by atoms with Crippen molar-refractivity contribution in [1.29, 1.82) is 0 Å². The molecule has 19 heavy (non-hydrogen) atoms. The van der Waals surface area contributed by atoms with Gasteiger partial charge in [-0.25, -0.2) is 0 Å². The fourth-order valence-electron chi connectivity index (χ4n) is 2.62. The summed E-state index contributed by atoms with van der Waals surface area (Å²) >= 11 is 9.78. The van der Waals surface area contributed by atoms with E-state index < -0.39 is 0 Å². The maximum Gasteiger partial charge on any atom is 0.0939 e. The number of hydrogen-bond donors (Lipinski definition) is 0. The summed E-state index contributed by atoms with van der Waals surface area (Å²) in [5.74, 6) is 0. The van der Waals surface area contributed by atoms with Gasteiger partial charge in [0.15, 0.2) is 0 Å². The highest BCUT2D eigenvalue weighted by molar-refractivity contribution is 9.09. The molecule has 0 amide bonds. The summed E-state index contributed by atoms with van der Waals surface area (Å²) in [5.41, 5.74) is 1.05. The van der Waals surface area contributed by atoms with Crippen molar-refractivity contribution in [1.82, 2.24) is 0 Å². The number of alkyl halides is 1. The minimum absolute atomic E-state index is 0.00352. The largest absolute Gasteiger partial charge is 0.375 e. The van der Waals surface area contributed by atoms with Crippen molar-refractivity contribution < 1.29 is 9.47 Å². The molecule has 0 bridgehead atoms. The molecule has 0 spiro atoms. The summed E-state index contributed by atoms with van der Waals surface area (Å²) in [6, 6.07) is 7.87. The molecule has 0 radical (unpaired) electrons. The summed E-state index contributed by atoms with van der Waals surface area (Å²) in [4.78, 5) is 0. The maximum absolute atomic E-state index is 6.25. The van der Waals surface area contributed by atoms with E-state index in [9.17, 15) is 0 Å². The quantitative estimate of drug-likeness (QED) is 0.732. The van der Waals surface area contributed by atoms with Gasteiger partial charge in [-0.15, -0.1) is 0 Å². The Bertz CT molecular complexity index is 403. The monoisotopic (exact) mass is 346 g/mol. The zero-order chi connectivity index (χ0) is 13.8. The summed E-state index contributed by atoms with van der Waals surface area (Å²) in [5, 5.41) is 1.51. The van der Waals surface area contributed by atoms with E-state index >= 15 is 0 Å². The zero-order valence-electron chi connectivity index (χ0n) is 11.3. The van der Waals surface area contributed by atoms with Crippen LogP contribution >= 0.6 is 27.5 Å². The van der Waals surface area contributed by atoms with Crippen molar-refractivity contribution in [3.05, 3.63) is 34.9 Å². The van der Waals surface area contributed by atoms with Gasteiger partial charge in [-0.2, -0.15) is 0 Å². The van der Waals surface area contributed by atoms with Gasteiger partial charge < -0.3 is 9.47 Å². The topological polar surface area (TPSA) is 18.5 Å². The van der Waals surface area contributed by atoms with Crippen LogP contribution in [0, 0.1) is 0 Å². The van der Waals surface area contributed by atoms with Crippen LogP contribution < -0.4 is 0 Å². The van der Waals surface area contributed by atoms with E-state index in [0.29, 0.717) is 0 Å². The highest BCUT2D eigenvalue weighted by Crippen LogP contribution is 2.31. The number of benzene rings is 1.